The monoisotopic (exact) mass is 380 g/mol. The van der Waals surface area contributed by atoms with Crippen LogP contribution in [0.25, 0.3) is 22.2 Å². The summed E-state index contributed by atoms with van der Waals surface area (Å²) < 4.78 is 16.7. The molecule has 4 rings (SSSR count). The molecule has 1 saturated carbocycles. The Labute approximate surface area is 163 Å². The number of H-pyrrole nitrogens is 1. The van der Waals surface area contributed by atoms with Crippen LogP contribution >= 0.6 is 0 Å². The highest BCUT2D eigenvalue weighted by Gasteiger charge is 2.24. The number of aryl methyl sites for hydroxylation is 1. The number of ether oxygens (including phenoxy) is 3. The lowest BCUT2D eigenvalue weighted by atomic mass is 10.0. The molecule has 0 spiro atoms. The van der Waals surface area contributed by atoms with Crippen LogP contribution in [0.3, 0.4) is 0 Å². The van der Waals surface area contributed by atoms with Crippen molar-refractivity contribution in [2.24, 2.45) is 5.92 Å². The maximum absolute atomic E-state index is 12.4. The fourth-order valence-corrected chi connectivity index (χ4v) is 3.35. The maximum Gasteiger partial charge on any atom is 0.342 e. The molecule has 6 nitrogen and oxygen atoms in total. The number of aromatic nitrogens is 2. The van der Waals surface area contributed by atoms with E-state index >= 15 is 0 Å². The Morgan fingerprint density at radius 3 is 2.79 bits per heavy atom. The zero-order chi connectivity index (χ0) is 19.7. The number of hydrogen-bond acceptors (Lipinski definition) is 5. The van der Waals surface area contributed by atoms with Gasteiger partial charge in [-0.05, 0) is 50.8 Å². The topological polar surface area (TPSA) is 73.4 Å². The van der Waals surface area contributed by atoms with Gasteiger partial charge in [0.15, 0.2) is 0 Å². The normalized spacial score (nSPS) is 13.5. The minimum absolute atomic E-state index is 0.322. The number of rotatable bonds is 7. The number of carbonyl (C=O) groups excluding carboxylic acids is 1. The molecular formula is C22H24N2O4. The van der Waals surface area contributed by atoms with Crippen molar-refractivity contribution >= 4 is 17.0 Å². The molecule has 0 unspecified atom stereocenters. The quantitative estimate of drug-likeness (QED) is 0.611. The Kier molecular flexibility index (Phi) is 4.94. The summed E-state index contributed by atoms with van der Waals surface area (Å²) in [5.74, 6) is 1.79. The van der Waals surface area contributed by atoms with Crippen LogP contribution in [0.4, 0.5) is 0 Å². The van der Waals surface area contributed by atoms with Gasteiger partial charge in [0.25, 0.3) is 0 Å². The number of nitrogens with zero attached hydrogens (tertiary/aromatic N) is 1. The second-order valence-corrected chi connectivity index (χ2v) is 7.04. The van der Waals surface area contributed by atoms with Crippen LogP contribution < -0.4 is 9.47 Å². The second kappa shape index (κ2) is 7.54. The predicted octanol–water partition coefficient (Wildman–Crippen LogP) is 4.51. The number of carbonyl (C=O) groups is 1. The molecule has 2 heterocycles. The number of nitrogens with one attached hydrogen (secondary N) is 1. The molecular weight excluding hydrogens is 356 g/mol. The van der Waals surface area contributed by atoms with Crippen molar-refractivity contribution < 1.29 is 19.0 Å². The van der Waals surface area contributed by atoms with Crippen molar-refractivity contribution in [2.45, 2.75) is 26.7 Å². The minimum Gasteiger partial charge on any atom is -0.497 e. The summed E-state index contributed by atoms with van der Waals surface area (Å²) in [4.78, 5) is 20.2. The van der Waals surface area contributed by atoms with Gasteiger partial charge in [-0.2, -0.15) is 0 Å². The van der Waals surface area contributed by atoms with Crippen LogP contribution in [0.1, 0.15) is 35.8 Å². The van der Waals surface area contributed by atoms with Crippen LogP contribution in [-0.2, 0) is 4.74 Å². The predicted molar refractivity (Wildman–Crippen MR) is 107 cm³/mol. The number of esters is 1. The first-order valence-electron chi connectivity index (χ1n) is 9.58. The smallest absolute Gasteiger partial charge is 0.342 e. The van der Waals surface area contributed by atoms with Gasteiger partial charge in [-0.25, -0.2) is 4.79 Å². The molecule has 1 aliphatic rings. The van der Waals surface area contributed by atoms with Crippen molar-refractivity contribution in [1.82, 2.24) is 9.97 Å². The van der Waals surface area contributed by atoms with Gasteiger partial charge in [0, 0.05) is 29.1 Å². The van der Waals surface area contributed by atoms with E-state index in [9.17, 15) is 4.79 Å². The highest BCUT2D eigenvalue weighted by Crippen LogP contribution is 2.39. The summed E-state index contributed by atoms with van der Waals surface area (Å²) in [7, 11) is 1.64. The van der Waals surface area contributed by atoms with Crippen LogP contribution in [0.5, 0.6) is 11.5 Å². The highest BCUT2D eigenvalue weighted by atomic mass is 16.5. The average molecular weight is 380 g/mol. The van der Waals surface area contributed by atoms with Gasteiger partial charge in [-0.3, -0.25) is 4.98 Å². The van der Waals surface area contributed by atoms with E-state index in [0.29, 0.717) is 30.2 Å². The Bertz CT molecular complexity index is 1020. The zero-order valence-corrected chi connectivity index (χ0v) is 16.4. The van der Waals surface area contributed by atoms with Crippen molar-refractivity contribution in [3.8, 4) is 22.6 Å². The summed E-state index contributed by atoms with van der Waals surface area (Å²) in [5.41, 5.74) is 4.49. The molecule has 1 N–H and O–H groups in total. The van der Waals surface area contributed by atoms with E-state index in [1.807, 2.05) is 31.2 Å². The van der Waals surface area contributed by atoms with E-state index in [1.165, 1.54) is 12.8 Å². The van der Waals surface area contributed by atoms with Crippen molar-refractivity contribution in [3.05, 3.63) is 41.7 Å². The third-order valence-corrected chi connectivity index (χ3v) is 5.01. The Balaban J connectivity index is 1.82. The highest BCUT2D eigenvalue weighted by molar-refractivity contribution is 6.07. The molecule has 2 aromatic heterocycles. The molecule has 0 atom stereocenters. The van der Waals surface area contributed by atoms with E-state index in [4.69, 9.17) is 14.2 Å². The third kappa shape index (κ3) is 3.42. The lowest BCUT2D eigenvalue weighted by molar-refractivity contribution is 0.0527. The largest absolute Gasteiger partial charge is 0.497 e. The molecule has 0 bridgehead atoms. The van der Waals surface area contributed by atoms with Crippen molar-refractivity contribution in [2.75, 3.05) is 20.3 Å². The average Bonchev–Trinajstić information content (AvgIpc) is 3.46. The first-order chi connectivity index (χ1) is 13.6. The van der Waals surface area contributed by atoms with E-state index in [-0.39, 0.29) is 5.97 Å². The lowest BCUT2D eigenvalue weighted by Crippen LogP contribution is -2.06. The molecule has 0 amide bonds. The second-order valence-electron chi connectivity index (χ2n) is 7.04. The SMILES string of the molecule is CCOC(=O)c1c(C)[nH]c2c(-c3ccc(OC)cc3OCC3CC3)ccnc12. The Hall–Kier alpha value is -3.02. The first kappa shape index (κ1) is 18.3. The van der Waals surface area contributed by atoms with E-state index < -0.39 is 0 Å². The van der Waals surface area contributed by atoms with Crippen molar-refractivity contribution in [3.63, 3.8) is 0 Å². The van der Waals surface area contributed by atoms with Crippen LogP contribution in [-0.4, -0.2) is 36.3 Å². The van der Waals surface area contributed by atoms with E-state index in [2.05, 4.69) is 9.97 Å². The molecule has 0 aliphatic heterocycles. The van der Waals surface area contributed by atoms with Gasteiger partial charge >= 0.3 is 5.97 Å². The van der Waals surface area contributed by atoms with Gasteiger partial charge in [0.05, 0.1) is 25.8 Å². The maximum atomic E-state index is 12.4. The molecule has 146 valence electrons. The summed E-state index contributed by atoms with van der Waals surface area (Å²) in [6.45, 7) is 4.67. The van der Waals surface area contributed by atoms with E-state index in [1.54, 1.807) is 20.2 Å². The Morgan fingerprint density at radius 1 is 1.25 bits per heavy atom. The van der Waals surface area contributed by atoms with Crippen LogP contribution in [0.15, 0.2) is 30.5 Å². The number of pyridine rings is 1. The number of hydrogen-bond donors (Lipinski definition) is 1. The fraction of sp³-hybridized carbons (Fsp3) is 0.364. The number of methoxy groups -OCH3 is 1. The minimum atomic E-state index is -0.365. The molecule has 28 heavy (non-hydrogen) atoms. The van der Waals surface area contributed by atoms with E-state index in [0.717, 1.165) is 33.8 Å². The van der Waals surface area contributed by atoms with Gasteiger partial charge in [-0.15, -0.1) is 0 Å². The van der Waals surface area contributed by atoms with Crippen LogP contribution in [0, 0.1) is 12.8 Å². The number of aromatic amines is 1. The standard InChI is InChI=1S/C22H24N2O4/c1-4-27-22(25)19-13(2)24-20-17(9-10-23-21(19)20)16-8-7-15(26-3)11-18(16)28-12-14-5-6-14/h7-11,14,24H,4-6,12H2,1-3H3. The fourth-order valence-electron chi connectivity index (χ4n) is 3.35. The summed E-state index contributed by atoms with van der Waals surface area (Å²) >= 11 is 0. The van der Waals surface area contributed by atoms with Crippen molar-refractivity contribution in [1.29, 1.82) is 0 Å². The summed E-state index contributed by atoms with van der Waals surface area (Å²) in [5, 5.41) is 0. The zero-order valence-electron chi connectivity index (χ0n) is 16.4. The van der Waals surface area contributed by atoms with Gasteiger partial charge in [0.2, 0.25) is 0 Å². The summed E-state index contributed by atoms with van der Waals surface area (Å²) in [6.07, 6.45) is 4.15. The molecule has 1 aliphatic carbocycles. The molecule has 0 radical (unpaired) electrons. The molecule has 0 saturated heterocycles. The van der Waals surface area contributed by atoms with Gasteiger partial charge < -0.3 is 19.2 Å². The molecule has 1 aromatic carbocycles. The Morgan fingerprint density at radius 2 is 2.07 bits per heavy atom. The van der Waals surface area contributed by atoms with Gasteiger partial charge in [-0.1, -0.05) is 0 Å². The third-order valence-electron chi connectivity index (χ3n) is 5.01. The van der Waals surface area contributed by atoms with Crippen LogP contribution in [0.2, 0.25) is 0 Å². The van der Waals surface area contributed by atoms with Gasteiger partial charge in [0.1, 0.15) is 22.6 Å². The molecule has 3 aromatic rings. The molecule has 6 heteroatoms. The number of fused-ring (bicyclic) bond motifs is 1. The first-order valence-corrected chi connectivity index (χ1v) is 9.58. The number of benzene rings is 1. The molecule has 1 fully saturated rings. The summed E-state index contributed by atoms with van der Waals surface area (Å²) in [6, 6.07) is 7.73. The lowest BCUT2D eigenvalue weighted by Gasteiger charge is -2.14.